The van der Waals surface area contributed by atoms with E-state index >= 15 is 0 Å². The average Bonchev–Trinajstić information content (AvgIpc) is 3.33. The minimum atomic E-state index is 0.501. The molecule has 0 saturated carbocycles. The van der Waals surface area contributed by atoms with E-state index in [4.69, 9.17) is 11.5 Å². The van der Waals surface area contributed by atoms with Gasteiger partial charge in [0, 0.05) is 44.8 Å². The van der Waals surface area contributed by atoms with Crippen LogP contribution in [0.5, 0.6) is 0 Å². The summed E-state index contributed by atoms with van der Waals surface area (Å²) >= 11 is 2.17. The molecule has 0 radical (unpaired) electrons. The molecule has 0 spiro atoms. The largest absolute Gasteiger partial charge is 0.384 e. The van der Waals surface area contributed by atoms with E-state index in [0.29, 0.717) is 11.6 Å². The quantitative estimate of drug-likeness (QED) is 0.370. The highest BCUT2D eigenvalue weighted by atomic mass is 127. The number of rotatable bonds is 1. The van der Waals surface area contributed by atoms with Gasteiger partial charge in [0.15, 0.2) is 5.82 Å². The summed E-state index contributed by atoms with van der Waals surface area (Å²) in [4.78, 5) is 0. The van der Waals surface area contributed by atoms with Gasteiger partial charge in [-0.05, 0) is 34.7 Å². The van der Waals surface area contributed by atoms with Crippen LogP contribution in [0.4, 0.5) is 11.6 Å². The molecule has 4 heterocycles. The third-order valence-corrected chi connectivity index (χ3v) is 3.32. The highest BCUT2D eigenvalue weighted by Gasteiger charge is 1.99. The lowest BCUT2D eigenvalue weighted by molar-refractivity contribution is 0.732. The molecule has 0 saturated heterocycles. The SMILES string of the molecule is Cn1ccc(-n2ccc(N)n2)n1.Cn1ccc(I)n1.Nc1ccn[nH]1. The van der Waals surface area contributed by atoms with E-state index in [1.165, 1.54) is 0 Å². The maximum absolute atomic E-state index is 5.46. The number of hydrogen-bond acceptors (Lipinski definition) is 6. The Kier molecular flexibility index (Phi) is 6.56. The van der Waals surface area contributed by atoms with Gasteiger partial charge < -0.3 is 11.5 Å². The molecule has 0 atom stereocenters. The zero-order chi connectivity index (χ0) is 18.2. The molecule has 0 aromatic carbocycles. The molecular formula is C14H19IN10. The number of nitrogens with one attached hydrogen (secondary N) is 1. The first-order chi connectivity index (χ1) is 11.9. The third kappa shape index (κ3) is 6.29. The fourth-order valence-electron chi connectivity index (χ4n) is 1.64. The number of aromatic amines is 1. The predicted octanol–water partition coefficient (Wildman–Crippen LogP) is 1.20. The van der Waals surface area contributed by atoms with Crippen LogP contribution < -0.4 is 11.5 Å². The van der Waals surface area contributed by atoms with E-state index in [0.717, 1.165) is 9.52 Å². The molecular weight excluding hydrogens is 435 g/mol. The summed E-state index contributed by atoms with van der Waals surface area (Å²) in [6.07, 6.45) is 7.15. The Bertz CT molecular complexity index is 818. The van der Waals surface area contributed by atoms with Crippen LogP contribution in [-0.4, -0.2) is 39.5 Å². The van der Waals surface area contributed by atoms with Crippen molar-refractivity contribution in [2.75, 3.05) is 11.5 Å². The van der Waals surface area contributed by atoms with Gasteiger partial charge in [-0.25, -0.2) is 4.68 Å². The summed E-state index contributed by atoms with van der Waals surface area (Å²) in [5, 5.41) is 18.3. The summed E-state index contributed by atoms with van der Waals surface area (Å²) in [5.41, 5.74) is 10.6. The van der Waals surface area contributed by atoms with Crippen LogP contribution in [0.1, 0.15) is 0 Å². The maximum Gasteiger partial charge on any atom is 0.175 e. The molecule has 11 heteroatoms. The summed E-state index contributed by atoms with van der Waals surface area (Å²) in [6.45, 7) is 0. The monoisotopic (exact) mass is 454 g/mol. The van der Waals surface area contributed by atoms with Crippen molar-refractivity contribution in [3.05, 3.63) is 52.8 Å². The van der Waals surface area contributed by atoms with E-state index in [1.807, 2.05) is 38.6 Å². The molecule has 4 aromatic rings. The van der Waals surface area contributed by atoms with Gasteiger partial charge in [-0.1, -0.05) is 0 Å². The van der Waals surface area contributed by atoms with Crippen LogP contribution in [0.25, 0.3) is 5.82 Å². The summed E-state index contributed by atoms with van der Waals surface area (Å²) in [6, 6.07) is 7.25. The topological polar surface area (TPSA) is 134 Å². The van der Waals surface area contributed by atoms with Crippen molar-refractivity contribution in [2.45, 2.75) is 0 Å². The number of nitrogens with zero attached hydrogens (tertiary/aromatic N) is 7. The third-order valence-electron chi connectivity index (χ3n) is 2.75. The second kappa shape index (κ2) is 8.86. The van der Waals surface area contributed by atoms with Crippen LogP contribution in [0.15, 0.2) is 49.1 Å². The van der Waals surface area contributed by atoms with Gasteiger partial charge in [0.1, 0.15) is 15.3 Å². The molecule has 0 aliphatic rings. The van der Waals surface area contributed by atoms with Crippen molar-refractivity contribution in [1.29, 1.82) is 0 Å². The lowest BCUT2D eigenvalue weighted by atomic mass is 10.6. The van der Waals surface area contributed by atoms with Gasteiger partial charge in [0.2, 0.25) is 0 Å². The lowest BCUT2D eigenvalue weighted by Gasteiger charge is -1.92. The van der Waals surface area contributed by atoms with Crippen LogP contribution in [0, 0.1) is 3.70 Å². The van der Waals surface area contributed by atoms with E-state index in [1.54, 1.807) is 38.6 Å². The Labute approximate surface area is 158 Å². The molecule has 4 aromatic heterocycles. The van der Waals surface area contributed by atoms with Gasteiger partial charge in [-0.3, -0.25) is 14.5 Å². The summed E-state index contributed by atoms with van der Waals surface area (Å²) in [5.74, 6) is 1.88. The van der Waals surface area contributed by atoms with Crippen LogP contribution in [0.2, 0.25) is 0 Å². The fraction of sp³-hybridized carbons (Fsp3) is 0.143. The molecule has 0 bridgehead atoms. The highest BCUT2D eigenvalue weighted by molar-refractivity contribution is 14.1. The van der Waals surface area contributed by atoms with Crippen LogP contribution in [-0.2, 0) is 14.1 Å². The van der Waals surface area contributed by atoms with Crippen molar-refractivity contribution in [1.82, 2.24) is 39.5 Å². The summed E-state index contributed by atoms with van der Waals surface area (Å²) < 4.78 is 6.17. The molecule has 4 rings (SSSR count). The molecule has 25 heavy (non-hydrogen) atoms. The standard InChI is InChI=1S/C7H9N5.C4H5IN2.C3H5N3/c1-11-4-3-7(10-11)12-5-2-6(8)9-12;1-7-3-2-4(5)6-7;4-3-1-2-5-6-3/h2-5H,1H3,(H2,8,9);2-3H,1H3;1-2H,(H3,4,5,6). The first-order valence-electron chi connectivity index (χ1n) is 7.15. The van der Waals surface area contributed by atoms with E-state index in [9.17, 15) is 0 Å². The van der Waals surface area contributed by atoms with E-state index < -0.39 is 0 Å². The second-order valence-electron chi connectivity index (χ2n) is 4.86. The normalized spacial score (nSPS) is 9.72. The molecule has 132 valence electrons. The Balaban J connectivity index is 0.000000148. The number of anilines is 2. The molecule has 0 aliphatic carbocycles. The number of nitrogens with two attached hydrogens (primary N) is 2. The fourth-order valence-corrected chi connectivity index (χ4v) is 2.15. The Morgan fingerprint density at radius 3 is 1.96 bits per heavy atom. The molecule has 5 N–H and O–H groups in total. The second-order valence-corrected chi connectivity index (χ2v) is 5.96. The van der Waals surface area contributed by atoms with Gasteiger partial charge in [-0.2, -0.15) is 15.3 Å². The van der Waals surface area contributed by atoms with Crippen molar-refractivity contribution < 1.29 is 0 Å². The van der Waals surface area contributed by atoms with Crippen LogP contribution >= 0.6 is 22.6 Å². The Hall–Kier alpha value is -2.83. The molecule has 0 unspecified atom stereocenters. The number of hydrogen-bond donors (Lipinski definition) is 3. The van der Waals surface area contributed by atoms with Gasteiger partial charge in [-0.15, -0.1) is 5.10 Å². The lowest BCUT2D eigenvalue weighted by Crippen LogP contribution is -1.98. The molecule has 10 nitrogen and oxygen atoms in total. The van der Waals surface area contributed by atoms with Crippen molar-refractivity contribution >= 4 is 34.2 Å². The first-order valence-corrected chi connectivity index (χ1v) is 8.23. The Morgan fingerprint density at radius 2 is 1.64 bits per heavy atom. The molecule has 0 fully saturated rings. The number of halogens is 1. The van der Waals surface area contributed by atoms with E-state index in [-0.39, 0.29) is 0 Å². The Morgan fingerprint density at radius 1 is 0.920 bits per heavy atom. The number of H-pyrrole nitrogens is 1. The highest BCUT2D eigenvalue weighted by Crippen LogP contribution is 2.04. The number of aryl methyl sites for hydroxylation is 2. The number of nitrogen functional groups attached to an aromatic ring is 2. The van der Waals surface area contributed by atoms with Gasteiger partial charge >= 0.3 is 0 Å². The zero-order valence-corrected chi connectivity index (χ0v) is 15.9. The number of aromatic nitrogens is 8. The zero-order valence-electron chi connectivity index (χ0n) is 13.8. The minimum Gasteiger partial charge on any atom is -0.384 e. The first kappa shape index (κ1) is 18.5. The van der Waals surface area contributed by atoms with Crippen molar-refractivity contribution in [3.8, 4) is 5.82 Å². The maximum atomic E-state index is 5.46. The van der Waals surface area contributed by atoms with Gasteiger partial charge in [0.25, 0.3) is 0 Å². The molecule has 0 aliphatic heterocycles. The van der Waals surface area contributed by atoms with E-state index in [2.05, 4.69) is 48.1 Å². The summed E-state index contributed by atoms with van der Waals surface area (Å²) in [7, 11) is 3.76. The average molecular weight is 454 g/mol. The predicted molar refractivity (Wildman–Crippen MR) is 104 cm³/mol. The smallest absolute Gasteiger partial charge is 0.175 e. The molecule has 0 amide bonds. The van der Waals surface area contributed by atoms with Gasteiger partial charge in [0.05, 0.1) is 6.20 Å². The van der Waals surface area contributed by atoms with Crippen molar-refractivity contribution in [2.24, 2.45) is 14.1 Å². The minimum absolute atomic E-state index is 0.501. The van der Waals surface area contributed by atoms with Crippen LogP contribution in [0.3, 0.4) is 0 Å². The van der Waals surface area contributed by atoms with Crippen molar-refractivity contribution in [3.63, 3.8) is 0 Å².